The molecule has 0 bridgehead atoms. The van der Waals surface area contributed by atoms with Crippen molar-refractivity contribution in [1.82, 2.24) is 4.90 Å². The monoisotopic (exact) mass is 227 g/mol. The molecule has 0 unspecified atom stereocenters. The molecule has 1 N–H and O–H groups in total. The average Bonchev–Trinajstić information content (AvgIpc) is 2.65. The van der Waals surface area contributed by atoms with Gasteiger partial charge >= 0.3 is 12.1 Å². The molecule has 2 aliphatic rings. The van der Waals surface area contributed by atoms with Gasteiger partial charge in [0.2, 0.25) is 0 Å². The first-order valence-corrected chi connectivity index (χ1v) is 5.82. The lowest BCUT2D eigenvalue weighted by Crippen LogP contribution is -2.38. The molecule has 1 saturated heterocycles. The number of rotatable bonds is 3. The zero-order valence-corrected chi connectivity index (χ0v) is 9.22. The van der Waals surface area contributed by atoms with Gasteiger partial charge in [-0.3, -0.25) is 4.79 Å². The summed E-state index contributed by atoms with van der Waals surface area (Å²) in [5.74, 6) is -0.434. The maximum atomic E-state index is 11.3. The van der Waals surface area contributed by atoms with E-state index in [0.29, 0.717) is 13.2 Å². The van der Waals surface area contributed by atoms with Crippen LogP contribution in [0, 0.1) is 5.92 Å². The Morgan fingerprint density at radius 2 is 2.06 bits per heavy atom. The molecular weight excluding hydrogens is 210 g/mol. The SMILES string of the molecule is O=C(O)CC1CCC(N2CCOC2=O)CC1. The minimum absolute atomic E-state index is 0.207. The minimum atomic E-state index is -0.718. The number of ether oxygens (including phenoxy) is 1. The van der Waals surface area contributed by atoms with E-state index in [1.54, 1.807) is 4.90 Å². The van der Waals surface area contributed by atoms with Crippen molar-refractivity contribution in [2.45, 2.75) is 38.1 Å². The molecule has 16 heavy (non-hydrogen) atoms. The molecule has 90 valence electrons. The summed E-state index contributed by atoms with van der Waals surface area (Å²) in [6, 6.07) is 0.264. The van der Waals surface area contributed by atoms with Gasteiger partial charge in [0, 0.05) is 12.5 Å². The third kappa shape index (κ3) is 2.46. The van der Waals surface area contributed by atoms with E-state index in [1.165, 1.54) is 0 Å². The zero-order valence-electron chi connectivity index (χ0n) is 9.22. The van der Waals surface area contributed by atoms with Gasteiger partial charge in [-0.1, -0.05) is 0 Å². The molecule has 5 nitrogen and oxygen atoms in total. The third-order valence-electron chi connectivity index (χ3n) is 3.51. The third-order valence-corrected chi connectivity index (χ3v) is 3.51. The summed E-state index contributed by atoms with van der Waals surface area (Å²) in [5, 5.41) is 8.70. The molecule has 0 spiro atoms. The van der Waals surface area contributed by atoms with Crippen LogP contribution in [0.1, 0.15) is 32.1 Å². The van der Waals surface area contributed by atoms with Crippen LogP contribution in [-0.4, -0.2) is 41.3 Å². The van der Waals surface area contributed by atoms with Gasteiger partial charge in [-0.15, -0.1) is 0 Å². The van der Waals surface area contributed by atoms with Crippen molar-refractivity contribution in [3.63, 3.8) is 0 Å². The van der Waals surface area contributed by atoms with Crippen molar-refractivity contribution in [2.24, 2.45) is 5.92 Å². The van der Waals surface area contributed by atoms with Gasteiger partial charge in [0.1, 0.15) is 6.61 Å². The molecule has 0 aromatic heterocycles. The summed E-state index contributed by atoms with van der Waals surface area (Å²) in [7, 11) is 0. The Kier molecular flexibility index (Phi) is 3.31. The lowest BCUT2D eigenvalue weighted by molar-refractivity contribution is -0.138. The van der Waals surface area contributed by atoms with E-state index in [2.05, 4.69) is 0 Å². The Bertz CT molecular complexity index is 284. The number of hydrogen-bond acceptors (Lipinski definition) is 3. The van der Waals surface area contributed by atoms with E-state index >= 15 is 0 Å². The predicted octanol–water partition coefficient (Wildman–Crippen LogP) is 1.47. The Morgan fingerprint density at radius 3 is 2.56 bits per heavy atom. The highest BCUT2D eigenvalue weighted by Crippen LogP contribution is 2.30. The van der Waals surface area contributed by atoms with Crippen molar-refractivity contribution in [2.75, 3.05) is 13.2 Å². The normalized spacial score (nSPS) is 30.2. The molecular formula is C11H17NO4. The quantitative estimate of drug-likeness (QED) is 0.792. The molecule has 2 fully saturated rings. The maximum absolute atomic E-state index is 11.3. The summed E-state index contributed by atoms with van der Waals surface area (Å²) in [6.07, 6.45) is 3.68. The van der Waals surface area contributed by atoms with Gasteiger partial charge in [0.25, 0.3) is 0 Å². The zero-order chi connectivity index (χ0) is 11.5. The Morgan fingerprint density at radius 1 is 1.38 bits per heavy atom. The minimum Gasteiger partial charge on any atom is -0.481 e. The van der Waals surface area contributed by atoms with Crippen LogP contribution in [0.5, 0.6) is 0 Å². The van der Waals surface area contributed by atoms with Gasteiger partial charge in [-0.2, -0.15) is 0 Å². The molecule has 0 radical (unpaired) electrons. The number of nitrogens with zero attached hydrogens (tertiary/aromatic N) is 1. The first-order chi connectivity index (χ1) is 7.66. The number of aliphatic carboxylic acids is 1. The van der Waals surface area contributed by atoms with E-state index in [9.17, 15) is 9.59 Å². The second-order valence-electron chi connectivity index (χ2n) is 4.58. The highest BCUT2D eigenvalue weighted by molar-refractivity contribution is 5.69. The lowest BCUT2D eigenvalue weighted by atomic mass is 9.83. The predicted molar refractivity (Wildman–Crippen MR) is 56.1 cm³/mol. The number of carboxylic acids is 1. The van der Waals surface area contributed by atoms with Crippen LogP contribution in [0.15, 0.2) is 0 Å². The number of carbonyl (C=O) groups excluding carboxylic acids is 1. The molecule has 1 amide bonds. The van der Waals surface area contributed by atoms with Gasteiger partial charge in [0.05, 0.1) is 6.54 Å². The molecule has 5 heteroatoms. The molecule has 1 aliphatic carbocycles. The fourth-order valence-corrected chi connectivity index (χ4v) is 2.64. The van der Waals surface area contributed by atoms with Crippen molar-refractivity contribution in [3.8, 4) is 0 Å². The van der Waals surface area contributed by atoms with Crippen LogP contribution in [0.4, 0.5) is 4.79 Å². The van der Waals surface area contributed by atoms with Crippen LogP contribution in [0.3, 0.4) is 0 Å². The summed E-state index contributed by atoms with van der Waals surface area (Å²) in [6.45, 7) is 1.18. The Balaban J connectivity index is 1.80. The lowest BCUT2D eigenvalue weighted by Gasteiger charge is -2.32. The van der Waals surface area contributed by atoms with E-state index in [-0.39, 0.29) is 24.5 Å². The molecule has 0 atom stereocenters. The van der Waals surface area contributed by atoms with Crippen LogP contribution in [0.2, 0.25) is 0 Å². The van der Waals surface area contributed by atoms with Crippen LogP contribution >= 0.6 is 0 Å². The topological polar surface area (TPSA) is 66.8 Å². The average molecular weight is 227 g/mol. The largest absolute Gasteiger partial charge is 0.481 e. The molecule has 0 aromatic rings. The summed E-state index contributed by atoms with van der Waals surface area (Å²) >= 11 is 0. The number of carboxylic acid groups (broad SMARTS) is 1. The first-order valence-electron chi connectivity index (χ1n) is 5.82. The van der Waals surface area contributed by atoms with Gasteiger partial charge in [0.15, 0.2) is 0 Å². The highest BCUT2D eigenvalue weighted by atomic mass is 16.6. The van der Waals surface area contributed by atoms with Gasteiger partial charge in [-0.05, 0) is 31.6 Å². The van der Waals surface area contributed by atoms with E-state index < -0.39 is 5.97 Å². The van der Waals surface area contributed by atoms with Crippen molar-refractivity contribution < 1.29 is 19.4 Å². The molecule has 2 rings (SSSR count). The second-order valence-corrected chi connectivity index (χ2v) is 4.58. The van der Waals surface area contributed by atoms with E-state index in [0.717, 1.165) is 25.7 Å². The number of hydrogen-bond donors (Lipinski definition) is 1. The second kappa shape index (κ2) is 4.72. The van der Waals surface area contributed by atoms with Crippen LogP contribution in [-0.2, 0) is 9.53 Å². The first kappa shape index (κ1) is 11.2. The van der Waals surface area contributed by atoms with Gasteiger partial charge < -0.3 is 14.7 Å². The molecule has 0 aromatic carbocycles. The van der Waals surface area contributed by atoms with Crippen LogP contribution < -0.4 is 0 Å². The fraction of sp³-hybridized carbons (Fsp3) is 0.818. The molecule has 1 heterocycles. The Labute approximate surface area is 94.4 Å². The summed E-state index contributed by atoms with van der Waals surface area (Å²) in [4.78, 5) is 23.7. The number of cyclic esters (lactones) is 1. The smallest absolute Gasteiger partial charge is 0.410 e. The van der Waals surface area contributed by atoms with E-state index in [4.69, 9.17) is 9.84 Å². The van der Waals surface area contributed by atoms with Gasteiger partial charge in [-0.25, -0.2) is 4.79 Å². The van der Waals surface area contributed by atoms with Crippen molar-refractivity contribution >= 4 is 12.1 Å². The Hall–Kier alpha value is -1.26. The van der Waals surface area contributed by atoms with E-state index in [1.807, 2.05) is 0 Å². The van der Waals surface area contributed by atoms with Crippen LogP contribution in [0.25, 0.3) is 0 Å². The van der Waals surface area contributed by atoms with Crippen molar-refractivity contribution in [3.05, 3.63) is 0 Å². The standard InChI is InChI=1S/C11H17NO4/c13-10(14)7-8-1-3-9(4-2-8)12-5-6-16-11(12)15/h8-9H,1-7H2,(H,13,14). The number of carbonyl (C=O) groups is 2. The molecule has 1 saturated carbocycles. The fourth-order valence-electron chi connectivity index (χ4n) is 2.64. The summed E-state index contributed by atoms with van der Waals surface area (Å²) < 4.78 is 4.90. The summed E-state index contributed by atoms with van der Waals surface area (Å²) in [5.41, 5.74) is 0. The number of amides is 1. The maximum Gasteiger partial charge on any atom is 0.410 e. The van der Waals surface area contributed by atoms with Crippen molar-refractivity contribution in [1.29, 1.82) is 0 Å². The highest BCUT2D eigenvalue weighted by Gasteiger charge is 2.33. The molecule has 1 aliphatic heterocycles.